The maximum Gasteiger partial charge on any atom is 0.435 e. The molecule has 0 unspecified atom stereocenters. The van der Waals surface area contributed by atoms with Crippen LogP contribution in [0, 0.1) is 0 Å². The summed E-state index contributed by atoms with van der Waals surface area (Å²) in [5, 5.41) is 27.2. The first-order chi connectivity index (χ1) is 37.4. The minimum atomic E-state index is -1.14. The van der Waals surface area contributed by atoms with Crippen molar-refractivity contribution in [2.45, 2.75) is 104 Å². The molecule has 0 bridgehead atoms. The van der Waals surface area contributed by atoms with E-state index in [1.807, 2.05) is 103 Å². The Morgan fingerprint density at radius 1 is 0.608 bits per heavy atom. The van der Waals surface area contributed by atoms with Gasteiger partial charge >= 0.3 is 6.09 Å². The van der Waals surface area contributed by atoms with E-state index in [1.54, 1.807) is 82.1 Å². The second-order valence-corrected chi connectivity index (χ2v) is 22.6. The predicted molar refractivity (Wildman–Crippen MR) is 309 cm³/mol. The highest BCUT2D eigenvalue weighted by molar-refractivity contribution is 6.31. The van der Waals surface area contributed by atoms with E-state index in [1.165, 1.54) is 10.2 Å². The van der Waals surface area contributed by atoms with Gasteiger partial charge in [0.2, 0.25) is 0 Å². The fourth-order valence-corrected chi connectivity index (χ4v) is 9.58. The van der Waals surface area contributed by atoms with Gasteiger partial charge in [0.15, 0.2) is 11.6 Å². The number of aromatic nitrogens is 10. The number of benzene rings is 4. The van der Waals surface area contributed by atoms with Crippen LogP contribution in [0.5, 0.6) is 0 Å². The second kappa shape index (κ2) is 22.5. The number of fused-ring (bicyclic) bond motifs is 2. The quantitative estimate of drug-likeness (QED) is 0.105. The molecule has 1 aliphatic rings. The molecule has 6 heterocycles. The van der Waals surface area contributed by atoms with Gasteiger partial charge in [-0.1, -0.05) is 65.7 Å². The van der Waals surface area contributed by atoms with Crippen LogP contribution in [-0.2, 0) is 62.4 Å². The van der Waals surface area contributed by atoms with E-state index in [9.17, 15) is 24.6 Å². The number of allylic oxidation sites excluding steroid dienone is 1. The summed E-state index contributed by atoms with van der Waals surface area (Å²) in [4.78, 5) is 60.1. The highest BCUT2D eigenvalue weighted by atomic mass is 35.5. The number of ether oxygens (including phenoxy) is 1. The summed E-state index contributed by atoms with van der Waals surface area (Å²) in [7, 11) is 3.51. The number of nitrogens with zero attached hydrogens (tertiary/aromatic N) is 11. The Morgan fingerprint density at radius 3 is 1.51 bits per heavy atom. The van der Waals surface area contributed by atoms with E-state index >= 15 is 0 Å². The molecule has 0 radical (unpaired) electrons. The Balaban J connectivity index is 0.000000195. The maximum absolute atomic E-state index is 13.1. The van der Waals surface area contributed by atoms with Crippen molar-refractivity contribution in [3.05, 3.63) is 192 Å². The number of aryl methyl sites for hydroxylation is 3. The molecule has 0 saturated carbocycles. The molecule has 2 N–H and O–H groups in total. The van der Waals surface area contributed by atoms with Crippen molar-refractivity contribution in [3.8, 4) is 22.3 Å². The third-order valence-electron chi connectivity index (χ3n) is 13.5. The van der Waals surface area contributed by atoms with E-state index in [4.69, 9.17) is 27.9 Å². The first-order valence-corrected chi connectivity index (χ1v) is 26.7. The molecule has 19 heteroatoms. The average molecular weight is 1110 g/mol. The first kappa shape index (κ1) is 55.9. The normalized spacial score (nSPS) is 12.8. The van der Waals surface area contributed by atoms with Crippen molar-refractivity contribution < 1.29 is 19.7 Å². The number of carbonyl (C=O) groups excluding carboxylic acids is 1. The van der Waals surface area contributed by atoms with E-state index in [0.717, 1.165) is 80.8 Å². The molecule has 10 rings (SSSR count). The molecule has 1 aliphatic heterocycles. The smallest absolute Gasteiger partial charge is 0.435 e. The number of halogens is 2. The van der Waals surface area contributed by atoms with Crippen LogP contribution >= 0.6 is 23.2 Å². The number of rotatable bonds is 14. The van der Waals surface area contributed by atoms with Crippen LogP contribution in [0.4, 0.5) is 4.79 Å². The van der Waals surface area contributed by atoms with Gasteiger partial charge in [-0.25, -0.2) is 24.7 Å². The Morgan fingerprint density at radius 2 is 1.08 bits per heavy atom. The van der Waals surface area contributed by atoms with Crippen molar-refractivity contribution in [2.24, 2.45) is 19.1 Å². The SMILES string of the molecule is Cn1c(=O)c2ccc(-c3cnc(C(C)(C)O)nc3)cc2n1Cc1cc(CCC2=NCC=C2)ccc1Cl.Cn1c(=O)c2ccc(-c3cnc(C(C)(C)O)nc3)cc2n1Cc1cc(CCc2ccn(C(=O)OC(C)(C)C)n2)ccc1Cl. The van der Waals surface area contributed by atoms with Crippen LogP contribution in [0.2, 0.25) is 10.0 Å². The van der Waals surface area contributed by atoms with Crippen molar-refractivity contribution in [1.29, 1.82) is 0 Å². The van der Waals surface area contributed by atoms with Crippen LogP contribution in [0.25, 0.3) is 44.1 Å². The summed E-state index contributed by atoms with van der Waals surface area (Å²) in [5.74, 6) is 0.689. The zero-order valence-electron chi connectivity index (χ0n) is 45.7. The fourth-order valence-electron chi connectivity index (χ4n) is 9.23. The van der Waals surface area contributed by atoms with Gasteiger partial charge < -0.3 is 14.9 Å². The summed E-state index contributed by atoms with van der Waals surface area (Å²) >= 11 is 13.2. The molecule has 79 heavy (non-hydrogen) atoms. The van der Waals surface area contributed by atoms with E-state index in [0.29, 0.717) is 58.4 Å². The topological polar surface area (TPSA) is 202 Å². The van der Waals surface area contributed by atoms with Gasteiger partial charge in [0, 0.05) is 72.0 Å². The lowest BCUT2D eigenvalue weighted by molar-refractivity contribution is 0.0513. The van der Waals surface area contributed by atoms with E-state index < -0.39 is 22.9 Å². The van der Waals surface area contributed by atoms with E-state index in [-0.39, 0.29) is 11.1 Å². The molecule has 0 atom stereocenters. The van der Waals surface area contributed by atoms with E-state index in [2.05, 4.69) is 48.2 Å². The number of hydrogen-bond acceptors (Lipinski definition) is 12. The summed E-state index contributed by atoms with van der Waals surface area (Å²) < 4.78 is 13.7. The van der Waals surface area contributed by atoms with Gasteiger partial charge in [-0.15, -0.1) is 0 Å². The Hall–Kier alpha value is -7.83. The van der Waals surface area contributed by atoms with Crippen molar-refractivity contribution in [3.63, 3.8) is 0 Å². The Labute approximate surface area is 467 Å². The van der Waals surface area contributed by atoms with Crippen LogP contribution < -0.4 is 11.1 Å². The molecule has 0 aliphatic carbocycles. The van der Waals surface area contributed by atoms with Gasteiger partial charge in [-0.3, -0.25) is 33.3 Å². The van der Waals surface area contributed by atoms with Gasteiger partial charge in [0.25, 0.3) is 11.1 Å². The minimum Gasteiger partial charge on any atom is -0.442 e. The summed E-state index contributed by atoms with van der Waals surface area (Å²) in [6.07, 6.45) is 15.0. The number of aliphatic imine (C=N–C) groups is 1. The lowest BCUT2D eigenvalue weighted by Crippen LogP contribution is -2.27. The van der Waals surface area contributed by atoms with Crippen molar-refractivity contribution in [1.82, 2.24) is 48.4 Å². The molecule has 0 spiro atoms. The average Bonchev–Trinajstić information content (AvgIpc) is 4.44. The third-order valence-corrected chi connectivity index (χ3v) is 14.3. The third kappa shape index (κ3) is 12.9. The lowest BCUT2D eigenvalue weighted by Gasteiger charge is -2.18. The minimum absolute atomic E-state index is 0.0662. The number of hydrogen-bond donors (Lipinski definition) is 2. The van der Waals surface area contributed by atoms with Gasteiger partial charge in [-0.2, -0.15) is 9.78 Å². The fraction of sp³-hybridized carbons (Fsp3) is 0.317. The molecule has 17 nitrogen and oxygen atoms in total. The lowest BCUT2D eigenvalue weighted by atomic mass is 10.0. The summed E-state index contributed by atoms with van der Waals surface area (Å²) in [6, 6.07) is 25.1. The van der Waals surface area contributed by atoms with Crippen molar-refractivity contribution >= 4 is 56.8 Å². The highest BCUT2D eigenvalue weighted by Gasteiger charge is 2.23. The van der Waals surface area contributed by atoms with Crippen LogP contribution in [-0.4, -0.2) is 82.6 Å². The van der Waals surface area contributed by atoms with Crippen molar-refractivity contribution in [2.75, 3.05) is 6.54 Å². The molecule has 5 aromatic heterocycles. The standard InChI is InChI=1S/C32H35ClN6O4.C28H28ClN5O2/c1-31(2,3)43-30(41)38-14-13-24(36-38)10-7-20-8-12-26(33)22(15-20)19-39-27-16-21(9-11-25(27)28(40)37(39)6)23-17-34-29(35-18-23)32(4,5)42;1-28(2,36)27-31-15-21(16-32-27)19-8-10-23-25(14-19)34(33(3)26(23)35)17-20-13-18(7-11-24(20)29)6-9-22-5-4-12-30-22/h8-9,11-18,42H,7,10,19H2,1-6H3;4-5,7-8,10-11,13-16,36H,6,9,12,17H2,1-3H3. The molecule has 0 fully saturated rings. The molecule has 9 aromatic rings. The molecule has 0 saturated heterocycles. The second-order valence-electron chi connectivity index (χ2n) is 21.8. The van der Waals surface area contributed by atoms with Crippen LogP contribution in [0.1, 0.15) is 94.5 Å². The Kier molecular flexibility index (Phi) is 15.9. The zero-order valence-corrected chi connectivity index (χ0v) is 47.2. The molecule has 408 valence electrons. The number of carbonyl (C=O) groups is 1. The zero-order chi connectivity index (χ0) is 56.6. The molecule has 0 amide bonds. The molecular formula is C60H63Cl2N11O6. The van der Waals surface area contributed by atoms with Gasteiger partial charge in [0.05, 0.1) is 47.1 Å². The Bertz CT molecular complexity index is 3920. The predicted octanol–water partition coefficient (Wildman–Crippen LogP) is 10.2. The van der Waals surface area contributed by atoms with Gasteiger partial charge in [-0.05, 0) is 156 Å². The largest absolute Gasteiger partial charge is 0.442 e. The first-order valence-electron chi connectivity index (χ1n) is 25.9. The van der Waals surface area contributed by atoms with Crippen LogP contribution in [0.15, 0.2) is 137 Å². The summed E-state index contributed by atoms with van der Waals surface area (Å²) in [6.45, 7) is 13.6. The molecular weight excluding hydrogens is 1040 g/mol. The molecule has 4 aromatic carbocycles. The monoisotopic (exact) mass is 1100 g/mol. The highest BCUT2D eigenvalue weighted by Crippen LogP contribution is 2.29. The number of aliphatic hydroxyl groups is 2. The maximum atomic E-state index is 13.1. The summed E-state index contributed by atoms with van der Waals surface area (Å²) in [5.41, 5.74) is 7.79. The van der Waals surface area contributed by atoms with Gasteiger partial charge in [0.1, 0.15) is 16.8 Å². The van der Waals surface area contributed by atoms with Crippen LogP contribution in [0.3, 0.4) is 0 Å².